The Balaban J connectivity index is 0.00000176. The van der Waals surface area contributed by atoms with Crippen molar-refractivity contribution in [2.75, 3.05) is 29.5 Å². The largest absolute Gasteiger partial charge is 0.326 e. The monoisotopic (exact) mass is 341 g/mol. The van der Waals surface area contributed by atoms with Crippen LogP contribution >= 0.6 is 24.2 Å². The van der Waals surface area contributed by atoms with Crippen molar-refractivity contribution in [3.63, 3.8) is 0 Å². The first-order valence-corrected chi connectivity index (χ1v) is 8.26. The molecule has 0 bridgehead atoms. The number of piperidine rings is 1. The third kappa shape index (κ3) is 4.38. The van der Waals surface area contributed by atoms with Crippen molar-refractivity contribution >= 4 is 47.4 Å². The molecule has 3 rings (SSSR count). The molecule has 3 N–H and O–H groups in total. The highest BCUT2D eigenvalue weighted by molar-refractivity contribution is 8.00. The molecule has 1 fully saturated rings. The van der Waals surface area contributed by atoms with Crippen LogP contribution in [0.15, 0.2) is 23.1 Å². The lowest BCUT2D eigenvalue weighted by Crippen LogP contribution is -2.30. The van der Waals surface area contributed by atoms with Crippen LogP contribution in [0.4, 0.5) is 11.4 Å². The van der Waals surface area contributed by atoms with Crippen LogP contribution in [-0.2, 0) is 9.59 Å². The number of carbonyl (C=O) groups excluding carboxylic acids is 2. The number of hydrogen-bond donors (Lipinski definition) is 3. The summed E-state index contributed by atoms with van der Waals surface area (Å²) in [5.41, 5.74) is 1.53. The fourth-order valence-corrected chi connectivity index (χ4v) is 3.51. The fourth-order valence-electron chi connectivity index (χ4n) is 2.72. The molecule has 22 heavy (non-hydrogen) atoms. The van der Waals surface area contributed by atoms with Crippen LogP contribution in [-0.4, -0.2) is 30.7 Å². The predicted octanol–water partition coefficient (Wildman–Crippen LogP) is 2.48. The van der Waals surface area contributed by atoms with E-state index in [-0.39, 0.29) is 24.2 Å². The first-order chi connectivity index (χ1) is 10.2. The molecule has 2 aliphatic heterocycles. The van der Waals surface area contributed by atoms with Gasteiger partial charge in [0, 0.05) is 17.0 Å². The molecule has 2 heterocycles. The highest BCUT2D eigenvalue weighted by Gasteiger charge is 2.18. The van der Waals surface area contributed by atoms with Crippen LogP contribution in [0.3, 0.4) is 0 Å². The predicted molar refractivity (Wildman–Crippen MR) is 91.9 cm³/mol. The number of benzene rings is 1. The Hall–Kier alpha value is -1.24. The van der Waals surface area contributed by atoms with E-state index in [1.54, 1.807) is 0 Å². The van der Waals surface area contributed by atoms with E-state index in [0.717, 1.165) is 42.2 Å². The number of fused-ring (bicyclic) bond motifs is 1. The van der Waals surface area contributed by atoms with Gasteiger partial charge in [0.2, 0.25) is 11.8 Å². The summed E-state index contributed by atoms with van der Waals surface area (Å²) < 4.78 is 0. The molecule has 0 atom stereocenters. The summed E-state index contributed by atoms with van der Waals surface area (Å²) in [4.78, 5) is 24.5. The number of nitrogens with one attached hydrogen (secondary N) is 3. The number of amides is 2. The van der Waals surface area contributed by atoms with Gasteiger partial charge in [-0.05, 0) is 50.0 Å². The number of rotatable bonds is 3. The van der Waals surface area contributed by atoms with Crippen molar-refractivity contribution in [1.29, 1.82) is 0 Å². The molecule has 0 spiro atoms. The quantitative estimate of drug-likeness (QED) is 0.790. The van der Waals surface area contributed by atoms with Crippen LogP contribution in [0.1, 0.15) is 19.3 Å². The molecule has 2 amide bonds. The minimum atomic E-state index is 0. The van der Waals surface area contributed by atoms with E-state index in [2.05, 4.69) is 16.0 Å². The number of halogens is 1. The lowest BCUT2D eigenvalue weighted by atomic mass is 9.94. The lowest BCUT2D eigenvalue weighted by molar-refractivity contribution is -0.117. The van der Waals surface area contributed by atoms with E-state index in [0.29, 0.717) is 18.1 Å². The van der Waals surface area contributed by atoms with Gasteiger partial charge in [-0.15, -0.1) is 24.2 Å². The molecule has 0 aromatic heterocycles. The van der Waals surface area contributed by atoms with Gasteiger partial charge in [0.15, 0.2) is 0 Å². The van der Waals surface area contributed by atoms with Crippen molar-refractivity contribution in [2.24, 2.45) is 5.92 Å². The Morgan fingerprint density at radius 1 is 1.32 bits per heavy atom. The molecule has 0 unspecified atom stereocenters. The highest BCUT2D eigenvalue weighted by Crippen LogP contribution is 2.33. The van der Waals surface area contributed by atoms with E-state index >= 15 is 0 Å². The van der Waals surface area contributed by atoms with Gasteiger partial charge in [0.1, 0.15) is 0 Å². The van der Waals surface area contributed by atoms with Crippen molar-refractivity contribution in [3.05, 3.63) is 18.2 Å². The molecular formula is C15H20ClN3O2S. The van der Waals surface area contributed by atoms with E-state index < -0.39 is 0 Å². The number of hydrogen-bond acceptors (Lipinski definition) is 4. The van der Waals surface area contributed by atoms with Crippen molar-refractivity contribution in [2.45, 2.75) is 24.2 Å². The average Bonchev–Trinajstić information content (AvgIpc) is 2.47. The topological polar surface area (TPSA) is 70.2 Å². The van der Waals surface area contributed by atoms with Gasteiger partial charge in [-0.3, -0.25) is 9.59 Å². The SMILES string of the molecule is Cl.O=C(CC1CCNCC1)Nc1ccc2c(c1)NC(=O)CS2. The fraction of sp³-hybridized carbons (Fsp3) is 0.467. The Morgan fingerprint density at radius 2 is 2.09 bits per heavy atom. The van der Waals surface area contributed by atoms with Gasteiger partial charge in [-0.25, -0.2) is 0 Å². The van der Waals surface area contributed by atoms with Gasteiger partial charge < -0.3 is 16.0 Å². The second-order valence-electron chi connectivity index (χ2n) is 5.49. The summed E-state index contributed by atoms with van der Waals surface area (Å²) in [6.07, 6.45) is 2.69. The summed E-state index contributed by atoms with van der Waals surface area (Å²) >= 11 is 1.52. The number of thioether (sulfide) groups is 1. The Bertz CT molecular complexity index is 562. The van der Waals surface area contributed by atoms with E-state index in [9.17, 15) is 9.59 Å². The molecule has 7 heteroatoms. The molecular weight excluding hydrogens is 322 g/mol. The highest BCUT2D eigenvalue weighted by atomic mass is 35.5. The standard InChI is InChI=1S/C15H19N3O2S.ClH/c19-14(7-10-3-5-16-6-4-10)17-11-1-2-13-12(8-11)18-15(20)9-21-13;/h1-2,8,10,16H,3-7,9H2,(H,17,19)(H,18,20);1H. The van der Waals surface area contributed by atoms with Crippen molar-refractivity contribution < 1.29 is 9.59 Å². The van der Waals surface area contributed by atoms with Gasteiger partial charge in [0.25, 0.3) is 0 Å². The summed E-state index contributed by atoms with van der Waals surface area (Å²) in [5.74, 6) is 0.982. The van der Waals surface area contributed by atoms with E-state index in [1.807, 2.05) is 18.2 Å². The first-order valence-electron chi connectivity index (χ1n) is 7.28. The second-order valence-corrected chi connectivity index (χ2v) is 6.51. The molecule has 0 saturated carbocycles. The van der Waals surface area contributed by atoms with Gasteiger partial charge in [-0.1, -0.05) is 0 Å². The molecule has 1 aromatic carbocycles. The lowest BCUT2D eigenvalue weighted by Gasteiger charge is -2.22. The minimum absolute atomic E-state index is 0. The molecule has 120 valence electrons. The second kappa shape index (κ2) is 7.85. The normalized spacial score (nSPS) is 17.9. The summed E-state index contributed by atoms with van der Waals surface area (Å²) in [7, 11) is 0. The molecule has 0 aliphatic carbocycles. The molecule has 1 saturated heterocycles. The average molecular weight is 342 g/mol. The van der Waals surface area contributed by atoms with Crippen molar-refractivity contribution in [3.8, 4) is 0 Å². The number of anilines is 2. The van der Waals surface area contributed by atoms with Crippen LogP contribution in [0.5, 0.6) is 0 Å². The van der Waals surface area contributed by atoms with Crippen LogP contribution in [0.25, 0.3) is 0 Å². The van der Waals surface area contributed by atoms with Crippen LogP contribution < -0.4 is 16.0 Å². The maximum Gasteiger partial charge on any atom is 0.234 e. The molecule has 1 aromatic rings. The summed E-state index contributed by atoms with van der Waals surface area (Å²) in [6.45, 7) is 2.00. The van der Waals surface area contributed by atoms with Gasteiger partial charge >= 0.3 is 0 Å². The van der Waals surface area contributed by atoms with Crippen LogP contribution in [0, 0.1) is 5.92 Å². The summed E-state index contributed by atoms with van der Waals surface area (Å²) in [5, 5.41) is 9.07. The maximum atomic E-state index is 12.1. The Kier molecular flexibility index (Phi) is 6.11. The third-order valence-corrected chi connectivity index (χ3v) is 4.90. The maximum absolute atomic E-state index is 12.1. The first kappa shape index (κ1) is 17.1. The van der Waals surface area contributed by atoms with Crippen molar-refractivity contribution in [1.82, 2.24) is 5.32 Å². The van der Waals surface area contributed by atoms with Gasteiger partial charge in [-0.2, -0.15) is 0 Å². The molecule has 0 radical (unpaired) electrons. The zero-order valence-electron chi connectivity index (χ0n) is 12.2. The van der Waals surface area contributed by atoms with Gasteiger partial charge in [0.05, 0.1) is 11.4 Å². The smallest absolute Gasteiger partial charge is 0.234 e. The van der Waals surface area contributed by atoms with E-state index in [1.165, 1.54) is 11.8 Å². The van der Waals surface area contributed by atoms with E-state index in [4.69, 9.17) is 0 Å². The van der Waals surface area contributed by atoms with Crippen LogP contribution in [0.2, 0.25) is 0 Å². The number of carbonyl (C=O) groups is 2. The third-order valence-electron chi connectivity index (χ3n) is 3.83. The minimum Gasteiger partial charge on any atom is -0.326 e. The zero-order valence-corrected chi connectivity index (χ0v) is 13.8. The summed E-state index contributed by atoms with van der Waals surface area (Å²) in [6, 6.07) is 5.67. The Labute approximate surface area is 140 Å². The molecule has 5 nitrogen and oxygen atoms in total. The zero-order chi connectivity index (χ0) is 14.7. The molecule has 2 aliphatic rings. The Morgan fingerprint density at radius 3 is 2.86 bits per heavy atom.